The fraction of sp³-hybridized carbons (Fsp3) is 0.733. The van der Waals surface area contributed by atoms with Crippen LogP contribution in [0.25, 0.3) is 0 Å². The number of furan rings is 1. The maximum absolute atomic E-state index is 5.54. The molecule has 0 saturated heterocycles. The molecule has 3 nitrogen and oxygen atoms in total. The van der Waals surface area contributed by atoms with Crippen LogP contribution in [0.15, 0.2) is 22.8 Å². The Kier molecular flexibility index (Phi) is 4.84. The summed E-state index contributed by atoms with van der Waals surface area (Å²) >= 11 is 0. The molecule has 0 radical (unpaired) electrons. The molecule has 3 atom stereocenters. The van der Waals surface area contributed by atoms with Crippen molar-refractivity contribution in [2.75, 3.05) is 20.6 Å². The maximum Gasteiger partial charge on any atom is 0.122 e. The van der Waals surface area contributed by atoms with E-state index in [4.69, 9.17) is 4.42 Å². The average molecular weight is 250 g/mol. The SMILES string of the molecule is CCC1CCCC1NCC(c1ccco1)N(C)C. The molecule has 3 heteroatoms. The topological polar surface area (TPSA) is 28.4 Å². The van der Waals surface area contributed by atoms with Crippen molar-refractivity contribution in [3.63, 3.8) is 0 Å². The lowest BCUT2D eigenvalue weighted by Crippen LogP contribution is -2.38. The molecule has 1 aliphatic rings. The molecule has 1 aromatic rings. The van der Waals surface area contributed by atoms with Crippen LogP contribution < -0.4 is 5.32 Å². The minimum absolute atomic E-state index is 0.332. The number of likely N-dealkylation sites (N-methyl/N-ethyl adjacent to an activating group) is 1. The summed E-state index contributed by atoms with van der Waals surface area (Å²) in [5, 5.41) is 3.75. The molecule has 0 aromatic carbocycles. The first-order valence-electron chi connectivity index (χ1n) is 7.15. The zero-order chi connectivity index (χ0) is 13.0. The second-order valence-electron chi connectivity index (χ2n) is 5.61. The molecule has 1 N–H and O–H groups in total. The Morgan fingerprint density at radius 2 is 2.28 bits per heavy atom. The third kappa shape index (κ3) is 3.15. The van der Waals surface area contributed by atoms with Crippen molar-refractivity contribution in [2.24, 2.45) is 5.92 Å². The summed E-state index contributed by atoms with van der Waals surface area (Å²) in [6, 6.07) is 5.07. The van der Waals surface area contributed by atoms with Gasteiger partial charge in [-0.05, 0) is 45.0 Å². The molecule has 18 heavy (non-hydrogen) atoms. The predicted octanol–water partition coefficient (Wildman–Crippen LogP) is 3.05. The van der Waals surface area contributed by atoms with Gasteiger partial charge in [-0.1, -0.05) is 19.8 Å². The standard InChI is InChI=1S/C15H26N2O/c1-4-12-7-5-8-13(12)16-11-14(17(2)3)15-9-6-10-18-15/h6,9-10,12-14,16H,4-5,7-8,11H2,1-3H3. The van der Waals surface area contributed by atoms with Gasteiger partial charge in [0.05, 0.1) is 12.3 Å². The lowest BCUT2D eigenvalue weighted by Gasteiger charge is -2.26. The van der Waals surface area contributed by atoms with Gasteiger partial charge in [0.1, 0.15) is 5.76 Å². The van der Waals surface area contributed by atoms with Gasteiger partial charge in [0, 0.05) is 12.6 Å². The van der Waals surface area contributed by atoms with Crippen LogP contribution in [0.5, 0.6) is 0 Å². The second kappa shape index (κ2) is 6.39. The van der Waals surface area contributed by atoms with Crippen LogP contribution >= 0.6 is 0 Å². The summed E-state index contributed by atoms with van der Waals surface area (Å²) in [5.74, 6) is 1.92. The summed E-state index contributed by atoms with van der Waals surface area (Å²) in [6.07, 6.45) is 7.16. The Hall–Kier alpha value is -0.800. The van der Waals surface area contributed by atoms with Crippen LogP contribution in [-0.2, 0) is 0 Å². The third-order valence-electron chi connectivity index (χ3n) is 4.25. The molecule has 3 unspecified atom stereocenters. The highest BCUT2D eigenvalue weighted by molar-refractivity contribution is 5.05. The van der Waals surface area contributed by atoms with E-state index in [0.717, 1.165) is 18.2 Å². The van der Waals surface area contributed by atoms with Crippen LogP contribution in [0.2, 0.25) is 0 Å². The molecular weight excluding hydrogens is 224 g/mol. The molecule has 102 valence electrons. The van der Waals surface area contributed by atoms with Crippen molar-refractivity contribution in [1.29, 1.82) is 0 Å². The van der Waals surface area contributed by atoms with Gasteiger partial charge >= 0.3 is 0 Å². The van der Waals surface area contributed by atoms with Gasteiger partial charge in [-0.25, -0.2) is 0 Å². The highest BCUT2D eigenvalue weighted by Crippen LogP contribution is 2.28. The maximum atomic E-state index is 5.54. The first-order chi connectivity index (χ1) is 8.72. The molecule has 1 aromatic heterocycles. The van der Waals surface area contributed by atoms with Crippen LogP contribution in [0.4, 0.5) is 0 Å². The molecule has 0 spiro atoms. The predicted molar refractivity (Wildman–Crippen MR) is 74.6 cm³/mol. The molecule has 1 aliphatic carbocycles. The van der Waals surface area contributed by atoms with E-state index >= 15 is 0 Å². The molecular formula is C15H26N2O. The van der Waals surface area contributed by atoms with Gasteiger partial charge in [0.2, 0.25) is 0 Å². The fourth-order valence-electron chi connectivity index (χ4n) is 3.08. The Labute approximate surface area is 111 Å². The molecule has 1 heterocycles. The van der Waals surface area contributed by atoms with E-state index in [1.54, 1.807) is 6.26 Å². The van der Waals surface area contributed by atoms with E-state index in [0.29, 0.717) is 12.1 Å². The minimum atomic E-state index is 0.332. The number of nitrogens with zero attached hydrogens (tertiary/aromatic N) is 1. The lowest BCUT2D eigenvalue weighted by atomic mass is 10.0. The summed E-state index contributed by atoms with van der Waals surface area (Å²) in [4.78, 5) is 2.22. The zero-order valence-electron chi connectivity index (χ0n) is 11.9. The van der Waals surface area contributed by atoms with Crippen molar-refractivity contribution < 1.29 is 4.42 Å². The summed E-state index contributed by atoms with van der Waals surface area (Å²) in [5.41, 5.74) is 0. The number of hydrogen-bond acceptors (Lipinski definition) is 3. The van der Waals surface area contributed by atoms with Crippen molar-refractivity contribution >= 4 is 0 Å². The highest BCUT2D eigenvalue weighted by atomic mass is 16.3. The van der Waals surface area contributed by atoms with E-state index in [1.165, 1.54) is 25.7 Å². The largest absolute Gasteiger partial charge is 0.468 e. The van der Waals surface area contributed by atoms with Crippen molar-refractivity contribution in [3.8, 4) is 0 Å². The third-order valence-corrected chi connectivity index (χ3v) is 4.25. The second-order valence-corrected chi connectivity index (χ2v) is 5.61. The number of rotatable bonds is 6. The van der Waals surface area contributed by atoms with E-state index in [-0.39, 0.29) is 0 Å². The van der Waals surface area contributed by atoms with Gasteiger partial charge in [0.25, 0.3) is 0 Å². The first kappa shape index (κ1) is 13.6. The van der Waals surface area contributed by atoms with E-state index in [1.807, 2.05) is 6.07 Å². The van der Waals surface area contributed by atoms with E-state index in [2.05, 4.69) is 37.3 Å². The number of hydrogen-bond donors (Lipinski definition) is 1. The Balaban J connectivity index is 1.90. The average Bonchev–Trinajstić information content (AvgIpc) is 2.99. The van der Waals surface area contributed by atoms with Crippen LogP contribution in [0.3, 0.4) is 0 Å². The Bertz CT molecular complexity index is 334. The summed E-state index contributed by atoms with van der Waals surface area (Å²) in [7, 11) is 4.22. The molecule has 1 fully saturated rings. The van der Waals surface area contributed by atoms with Gasteiger partial charge in [0.15, 0.2) is 0 Å². The molecule has 1 saturated carbocycles. The Morgan fingerprint density at radius 3 is 2.89 bits per heavy atom. The fourth-order valence-corrected chi connectivity index (χ4v) is 3.08. The van der Waals surface area contributed by atoms with Gasteiger partial charge < -0.3 is 9.73 Å². The first-order valence-corrected chi connectivity index (χ1v) is 7.15. The van der Waals surface area contributed by atoms with Crippen molar-refractivity contribution in [3.05, 3.63) is 24.2 Å². The quantitative estimate of drug-likeness (QED) is 0.841. The molecule has 0 amide bonds. The van der Waals surface area contributed by atoms with Gasteiger partial charge in [-0.3, -0.25) is 4.90 Å². The van der Waals surface area contributed by atoms with Crippen molar-refractivity contribution in [1.82, 2.24) is 10.2 Å². The molecule has 2 rings (SSSR count). The van der Waals surface area contributed by atoms with Crippen molar-refractivity contribution in [2.45, 2.75) is 44.7 Å². The normalized spacial score (nSPS) is 25.8. The summed E-state index contributed by atoms with van der Waals surface area (Å²) in [6.45, 7) is 3.28. The molecule has 0 bridgehead atoms. The van der Waals surface area contributed by atoms with Crippen LogP contribution in [0.1, 0.15) is 44.4 Å². The van der Waals surface area contributed by atoms with E-state index < -0.39 is 0 Å². The molecule has 0 aliphatic heterocycles. The Morgan fingerprint density at radius 1 is 1.44 bits per heavy atom. The van der Waals surface area contributed by atoms with Crippen LogP contribution in [-0.4, -0.2) is 31.6 Å². The van der Waals surface area contributed by atoms with Gasteiger partial charge in [-0.2, -0.15) is 0 Å². The lowest BCUT2D eigenvalue weighted by molar-refractivity contribution is 0.236. The number of nitrogens with one attached hydrogen (secondary N) is 1. The zero-order valence-corrected chi connectivity index (χ0v) is 11.9. The minimum Gasteiger partial charge on any atom is -0.468 e. The highest BCUT2D eigenvalue weighted by Gasteiger charge is 2.27. The van der Waals surface area contributed by atoms with E-state index in [9.17, 15) is 0 Å². The summed E-state index contributed by atoms with van der Waals surface area (Å²) < 4.78 is 5.54. The smallest absolute Gasteiger partial charge is 0.122 e. The monoisotopic (exact) mass is 250 g/mol. The van der Waals surface area contributed by atoms with Gasteiger partial charge in [-0.15, -0.1) is 0 Å². The van der Waals surface area contributed by atoms with Crippen LogP contribution in [0, 0.1) is 5.92 Å².